The fourth-order valence-electron chi connectivity index (χ4n) is 1.33. The van der Waals surface area contributed by atoms with Crippen molar-refractivity contribution < 1.29 is 5.11 Å². The first-order valence-electron chi connectivity index (χ1n) is 3.68. The number of nitrogens with one attached hydrogen (secondary N) is 1. The van der Waals surface area contributed by atoms with Crippen molar-refractivity contribution in [2.24, 2.45) is 0 Å². The summed E-state index contributed by atoms with van der Waals surface area (Å²) in [4.78, 5) is 0. The highest BCUT2D eigenvalue weighted by atomic mass is 16.3. The van der Waals surface area contributed by atoms with Crippen LogP contribution in [0.2, 0.25) is 0 Å². The Balaban J connectivity index is 2.35. The monoisotopic (exact) mass is 129 g/mol. The Morgan fingerprint density at radius 1 is 1.67 bits per heavy atom. The normalized spacial score (nSPS) is 43.7. The van der Waals surface area contributed by atoms with Gasteiger partial charge in [-0.1, -0.05) is 6.92 Å². The van der Waals surface area contributed by atoms with E-state index in [1.807, 2.05) is 6.92 Å². The van der Waals surface area contributed by atoms with Gasteiger partial charge < -0.3 is 10.4 Å². The van der Waals surface area contributed by atoms with Gasteiger partial charge in [0.25, 0.3) is 0 Å². The predicted molar refractivity (Wildman–Crippen MR) is 37.3 cm³/mol. The Morgan fingerprint density at radius 3 is 2.56 bits per heavy atom. The summed E-state index contributed by atoms with van der Waals surface area (Å²) in [7, 11) is 0. The molecule has 0 amide bonds. The van der Waals surface area contributed by atoms with E-state index in [0.29, 0.717) is 12.1 Å². The first-order chi connectivity index (χ1) is 4.24. The standard InChI is InChI=1S/C7H15NO/c1-3-6-4-7(9)5(2)8-6/h5-9H,3-4H2,1-2H3/t5-,6+,7-/m1/s1. The van der Waals surface area contributed by atoms with E-state index < -0.39 is 0 Å². The van der Waals surface area contributed by atoms with Gasteiger partial charge in [0.05, 0.1) is 6.10 Å². The SMILES string of the molecule is CC[C@H]1C[C@@H](O)[C@@H](C)N1. The lowest BCUT2D eigenvalue weighted by Crippen LogP contribution is -2.29. The molecule has 0 spiro atoms. The topological polar surface area (TPSA) is 32.3 Å². The molecule has 1 aliphatic rings. The molecule has 0 aromatic rings. The molecule has 54 valence electrons. The molecule has 1 rings (SSSR count). The highest BCUT2D eigenvalue weighted by Gasteiger charge is 2.26. The first-order valence-corrected chi connectivity index (χ1v) is 3.68. The average molecular weight is 129 g/mol. The lowest BCUT2D eigenvalue weighted by molar-refractivity contribution is 0.164. The Kier molecular flexibility index (Phi) is 2.09. The molecule has 0 bridgehead atoms. The van der Waals surface area contributed by atoms with Crippen molar-refractivity contribution in [3.05, 3.63) is 0 Å². The highest BCUT2D eigenvalue weighted by Crippen LogP contribution is 2.14. The maximum Gasteiger partial charge on any atom is 0.0705 e. The molecule has 2 N–H and O–H groups in total. The summed E-state index contributed by atoms with van der Waals surface area (Å²) in [6.07, 6.45) is 1.94. The van der Waals surface area contributed by atoms with Gasteiger partial charge in [-0.05, 0) is 19.8 Å². The molecular formula is C7H15NO. The van der Waals surface area contributed by atoms with Crippen molar-refractivity contribution in [2.75, 3.05) is 0 Å². The molecule has 0 saturated carbocycles. The third-order valence-electron chi connectivity index (χ3n) is 2.09. The van der Waals surface area contributed by atoms with Crippen LogP contribution in [-0.2, 0) is 0 Å². The van der Waals surface area contributed by atoms with Crippen LogP contribution in [0.15, 0.2) is 0 Å². The van der Waals surface area contributed by atoms with Gasteiger partial charge in [-0.25, -0.2) is 0 Å². The Labute approximate surface area is 56.3 Å². The van der Waals surface area contributed by atoms with Gasteiger partial charge >= 0.3 is 0 Å². The van der Waals surface area contributed by atoms with Crippen molar-refractivity contribution in [3.63, 3.8) is 0 Å². The van der Waals surface area contributed by atoms with Gasteiger partial charge in [0.2, 0.25) is 0 Å². The molecule has 0 aliphatic carbocycles. The smallest absolute Gasteiger partial charge is 0.0705 e. The quantitative estimate of drug-likeness (QED) is 0.540. The molecule has 0 unspecified atom stereocenters. The Hall–Kier alpha value is -0.0800. The predicted octanol–water partition coefficient (Wildman–Crippen LogP) is 0.508. The molecule has 1 heterocycles. The molecule has 2 nitrogen and oxygen atoms in total. The van der Waals surface area contributed by atoms with Crippen molar-refractivity contribution in [1.29, 1.82) is 0 Å². The van der Waals surface area contributed by atoms with Crippen LogP contribution in [0, 0.1) is 0 Å². The number of aliphatic hydroxyl groups is 1. The Morgan fingerprint density at radius 2 is 2.33 bits per heavy atom. The summed E-state index contributed by atoms with van der Waals surface area (Å²) in [6.45, 7) is 4.17. The molecule has 1 fully saturated rings. The molecule has 0 aromatic carbocycles. The fraction of sp³-hybridized carbons (Fsp3) is 1.00. The lowest BCUT2D eigenvalue weighted by Gasteiger charge is -2.07. The van der Waals surface area contributed by atoms with Crippen LogP contribution in [-0.4, -0.2) is 23.3 Å². The molecule has 1 aliphatic heterocycles. The maximum atomic E-state index is 9.24. The van der Waals surface area contributed by atoms with E-state index in [4.69, 9.17) is 0 Å². The summed E-state index contributed by atoms with van der Waals surface area (Å²) in [5, 5.41) is 12.5. The van der Waals surface area contributed by atoms with Crippen molar-refractivity contribution in [2.45, 2.75) is 44.9 Å². The van der Waals surface area contributed by atoms with E-state index in [-0.39, 0.29) is 6.10 Å². The average Bonchev–Trinajstić information content (AvgIpc) is 2.13. The van der Waals surface area contributed by atoms with E-state index in [1.165, 1.54) is 0 Å². The van der Waals surface area contributed by atoms with Crippen molar-refractivity contribution in [3.8, 4) is 0 Å². The summed E-state index contributed by atoms with van der Waals surface area (Å²) in [5.41, 5.74) is 0. The zero-order valence-electron chi connectivity index (χ0n) is 6.09. The van der Waals surface area contributed by atoms with Crippen LogP contribution >= 0.6 is 0 Å². The molecule has 0 aromatic heterocycles. The second-order valence-electron chi connectivity index (χ2n) is 2.86. The van der Waals surface area contributed by atoms with Gasteiger partial charge in [-0.2, -0.15) is 0 Å². The van der Waals surface area contributed by atoms with Gasteiger partial charge in [0.1, 0.15) is 0 Å². The lowest BCUT2D eigenvalue weighted by atomic mass is 10.1. The van der Waals surface area contributed by atoms with Crippen LogP contribution < -0.4 is 5.32 Å². The first kappa shape index (κ1) is 7.03. The summed E-state index contributed by atoms with van der Waals surface area (Å²) in [6, 6.07) is 0.852. The minimum atomic E-state index is -0.116. The molecule has 0 radical (unpaired) electrons. The van der Waals surface area contributed by atoms with E-state index >= 15 is 0 Å². The zero-order valence-corrected chi connectivity index (χ0v) is 6.09. The molecule has 2 heteroatoms. The van der Waals surface area contributed by atoms with Gasteiger partial charge in [-0.3, -0.25) is 0 Å². The van der Waals surface area contributed by atoms with E-state index in [0.717, 1.165) is 12.8 Å². The minimum Gasteiger partial charge on any atom is -0.391 e. The summed E-state index contributed by atoms with van der Waals surface area (Å²) in [5.74, 6) is 0. The molecular weight excluding hydrogens is 114 g/mol. The number of aliphatic hydroxyl groups excluding tert-OH is 1. The highest BCUT2D eigenvalue weighted by molar-refractivity contribution is 4.86. The molecule has 9 heavy (non-hydrogen) atoms. The fourth-order valence-corrected chi connectivity index (χ4v) is 1.33. The summed E-state index contributed by atoms with van der Waals surface area (Å²) >= 11 is 0. The van der Waals surface area contributed by atoms with Crippen LogP contribution in [0.25, 0.3) is 0 Å². The van der Waals surface area contributed by atoms with Crippen molar-refractivity contribution >= 4 is 0 Å². The van der Waals surface area contributed by atoms with Gasteiger partial charge in [0, 0.05) is 12.1 Å². The van der Waals surface area contributed by atoms with E-state index in [2.05, 4.69) is 12.2 Å². The third-order valence-corrected chi connectivity index (χ3v) is 2.09. The number of hydrogen-bond acceptors (Lipinski definition) is 2. The van der Waals surface area contributed by atoms with E-state index in [1.54, 1.807) is 0 Å². The van der Waals surface area contributed by atoms with Crippen molar-refractivity contribution in [1.82, 2.24) is 5.32 Å². The molecule has 3 atom stereocenters. The second kappa shape index (κ2) is 2.67. The third kappa shape index (κ3) is 1.43. The summed E-state index contributed by atoms with van der Waals surface area (Å²) < 4.78 is 0. The largest absolute Gasteiger partial charge is 0.391 e. The van der Waals surface area contributed by atoms with Crippen LogP contribution in [0.3, 0.4) is 0 Å². The van der Waals surface area contributed by atoms with Gasteiger partial charge in [0.15, 0.2) is 0 Å². The Bertz CT molecular complexity index is 84.9. The van der Waals surface area contributed by atoms with Crippen LogP contribution in [0.5, 0.6) is 0 Å². The second-order valence-corrected chi connectivity index (χ2v) is 2.86. The number of rotatable bonds is 1. The minimum absolute atomic E-state index is 0.116. The van der Waals surface area contributed by atoms with Gasteiger partial charge in [-0.15, -0.1) is 0 Å². The van der Waals surface area contributed by atoms with Crippen LogP contribution in [0.1, 0.15) is 26.7 Å². The van der Waals surface area contributed by atoms with E-state index in [9.17, 15) is 5.11 Å². The molecule has 1 saturated heterocycles. The van der Waals surface area contributed by atoms with Crippen LogP contribution in [0.4, 0.5) is 0 Å². The zero-order chi connectivity index (χ0) is 6.85. The maximum absolute atomic E-state index is 9.24. The number of hydrogen-bond donors (Lipinski definition) is 2.